The van der Waals surface area contributed by atoms with Crippen molar-refractivity contribution in [2.24, 2.45) is 0 Å². The Labute approximate surface area is 90.3 Å². The zero-order valence-corrected chi connectivity index (χ0v) is 9.24. The minimum absolute atomic E-state index is 0.169. The lowest BCUT2D eigenvalue weighted by Crippen LogP contribution is -2.32. The summed E-state index contributed by atoms with van der Waals surface area (Å²) in [6.45, 7) is 2.77. The number of carboxylic acids is 1. The van der Waals surface area contributed by atoms with Crippen molar-refractivity contribution < 1.29 is 14.7 Å². The highest BCUT2D eigenvalue weighted by molar-refractivity contribution is 5.76. The molecule has 0 radical (unpaired) electrons. The van der Waals surface area contributed by atoms with Crippen molar-refractivity contribution in [1.82, 2.24) is 4.90 Å². The lowest BCUT2D eigenvalue weighted by molar-refractivity contribution is -0.137. The largest absolute Gasteiger partial charge is 0.481 e. The van der Waals surface area contributed by atoms with Crippen LogP contribution in [0.15, 0.2) is 0 Å². The second kappa shape index (κ2) is 5.73. The molecule has 0 atom stereocenters. The van der Waals surface area contributed by atoms with Gasteiger partial charge in [0.2, 0.25) is 5.91 Å². The highest BCUT2D eigenvalue weighted by Gasteiger charge is 2.30. The molecular weight excluding hydrogens is 194 g/mol. The zero-order chi connectivity index (χ0) is 11.3. The van der Waals surface area contributed by atoms with E-state index in [9.17, 15) is 9.59 Å². The summed E-state index contributed by atoms with van der Waals surface area (Å²) in [5.74, 6) is -0.595. The number of nitrogens with zero attached hydrogens (tertiary/aromatic N) is 1. The summed E-state index contributed by atoms with van der Waals surface area (Å²) in [5, 5.41) is 8.44. The smallest absolute Gasteiger partial charge is 0.303 e. The molecule has 4 heteroatoms. The molecule has 0 heterocycles. The molecule has 1 saturated carbocycles. The van der Waals surface area contributed by atoms with E-state index in [0.29, 0.717) is 25.3 Å². The maximum absolute atomic E-state index is 11.7. The summed E-state index contributed by atoms with van der Waals surface area (Å²) in [6, 6.07) is 0.474. The SMILES string of the molecule is CCN(C(=O)CCCCC(=O)O)C1CC1. The fourth-order valence-electron chi connectivity index (χ4n) is 1.72. The van der Waals surface area contributed by atoms with E-state index >= 15 is 0 Å². The molecule has 0 saturated heterocycles. The third-order valence-electron chi connectivity index (χ3n) is 2.68. The molecule has 0 aromatic rings. The Morgan fingerprint density at radius 2 is 1.87 bits per heavy atom. The molecule has 1 fully saturated rings. The Balaban J connectivity index is 2.13. The number of hydrogen-bond donors (Lipinski definition) is 1. The Morgan fingerprint density at radius 3 is 2.33 bits per heavy atom. The first-order valence-corrected chi connectivity index (χ1v) is 5.66. The van der Waals surface area contributed by atoms with Crippen LogP contribution in [0.2, 0.25) is 0 Å². The maximum Gasteiger partial charge on any atom is 0.303 e. The highest BCUT2D eigenvalue weighted by Crippen LogP contribution is 2.27. The van der Waals surface area contributed by atoms with Gasteiger partial charge in [0, 0.05) is 25.4 Å². The number of carbonyl (C=O) groups is 2. The van der Waals surface area contributed by atoms with Gasteiger partial charge in [-0.15, -0.1) is 0 Å². The van der Waals surface area contributed by atoms with Gasteiger partial charge in [-0.1, -0.05) is 0 Å². The molecule has 0 spiro atoms. The zero-order valence-electron chi connectivity index (χ0n) is 9.24. The summed E-state index contributed by atoms with van der Waals surface area (Å²) in [7, 11) is 0. The fraction of sp³-hybridized carbons (Fsp3) is 0.818. The first kappa shape index (κ1) is 12.0. The van der Waals surface area contributed by atoms with Gasteiger partial charge in [-0.25, -0.2) is 0 Å². The van der Waals surface area contributed by atoms with E-state index in [1.807, 2.05) is 11.8 Å². The average Bonchev–Trinajstić information content (AvgIpc) is 2.97. The van der Waals surface area contributed by atoms with E-state index in [0.717, 1.165) is 19.4 Å². The van der Waals surface area contributed by atoms with Crippen LogP contribution >= 0.6 is 0 Å². The van der Waals surface area contributed by atoms with Gasteiger partial charge in [-0.3, -0.25) is 9.59 Å². The number of amides is 1. The molecule has 1 N–H and O–H groups in total. The van der Waals surface area contributed by atoms with E-state index < -0.39 is 5.97 Å². The van der Waals surface area contributed by atoms with Crippen molar-refractivity contribution >= 4 is 11.9 Å². The molecule has 0 aromatic carbocycles. The van der Waals surface area contributed by atoms with Crippen LogP contribution in [0.4, 0.5) is 0 Å². The van der Waals surface area contributed by atoms with Crippen LogP contribution in [0.25, 0.3) is 0 Å². The minimum atomic E-state index is -0.781. The molecule has 0 unspecified atom stereocenters. The molecule has 0 aromatic heterocycles. The lowest BCUT2D eigenvalue weighted by Gasteiger charge is -2.20. The highest BCUT2D eigenvalue weighted by atomic mass is 16.4. The van der Waals surface area contributed by atoms with E-state index in [4.69, 9.17) is 5.11 Å². The third-order valence-corrected chi connectivity index (χ3v) is 2.68. The topological polar surface area (TPSA) is 57.6 Å². The van der Waals surface area contributed by atoms with E-state index in [1.165, 1.54) is 0 Å². The molecule has 1 aliphatic carbocycles. The standard InChI is InChI=1S/C11H19NO3/c1-2-12(9-7-8-9)10(13)5-3-4-6-11(14)15/h9H,2-8H2,1H3,(H,14,15). The van der Waals surface area contributed by atoms with Gasteiger partial charge < -0.3 is 10.0 Å². The van der Waals surface area contributed by atoms with Gasteiger partial charge in [0.25, 0.3) is 0 Å². The summed E-state index contributed by atoms with van der Waals surface area (Å²) in [4.78, 5) is 23.9. The molecule has 1 amide bonds. The molecule has 4 nitrogen and oxygen atoms in total. The quantitative estimate of drug-likeness (QED) is 0.654. The molecule has 15 heavy (non-hydrogen) atoms. The van der Waals surface area contributed by atoms with Crippen LogP contribution in [-0.2, 0) is 9.59 Å². The number of carboxylic acid groups (broad SMARTS) is 1. The number of carbonyl (C=O) groups excluding carboxylic acids is 1. The molecule has 0 aliphatic heterocycles. The predicted octanol–water partition coefficient (Wildman–Crippen LogP) is 1.64. The van der Waals surface area contributed by atoms with Crippen LogP contribution in [0.1, 0.15) is 45.4 Å². The summed E-state index contributed by atoms with van der Waals surface area (Å²) >= 11 is 0. The van der Waals surface area contributed by atoms with Crippen LogP contribution in [0.5, 0.6) is 0 Å². The van der Waals surface area contributed by atoms with Gasteiger partial charge in [0.15, 0.2) is 0 Å². The molecule has 1 rings (SSSR count). The van der Waals surface area contributed by atoms with E-state index in [1.54, 1.807) is 0 Å². The second-order valence-corrected chi connectivity index (χ2v) is 4.01. The van der Waals surface area contributed by atoms with Crippen molar-refractivity contribution in [3.05, 3.63) is 0 Å². The van der Waals surface area contributed by atoms with Crippen LogP contribution in [-0.4, -0.2) is 34.5 Å². The van der Waals surface area contributed by atoms with Gasteiger partial charge in [0.05, 0.1) is 0 Å². The Bertz CT molecular complexity index is 236. The van der Waals surface area contributed by atoms with Crippen molar-refractivity contribution in [3.63, 3.8) is 0 Å². The van der Waals surface area contributed by atoms with Gasteiger partial charge in [-0.05, 0) is 32.6 Å². The van der Waals surface area contributed by atoms with E-state index in [2.05, 4.69) is 0 Å². The second-order valence-electron chi connectivity index (χ2n) is 4.01. The van der Waals surface area contributed by atoms with Crippen LogP contribution < -0.4 is 0 Å². The van der Waals surface area contributed by atoms with Crippen LogP contribution in [0, 0.1) is 0 Å². The summed E-state index contributed by atoms with van der Waals surface area (Å²) in [6.07, 6.45) is 4.22. The summed E-state index contributed by atoms with van der Waals surface area (Å²) in [5.41, 5.74) is 0. The Kier molecular flexibility index (Phi) is 4.59. The molecule has 1 aliphatic rings. The number of unbranched alkanes of at least 4 members (excludes halogenated alkanes) is 1. The normalized spacial score (nSPS) is 15.0. The monoisotopic (exact) mass is 213 g/mol. The average molecular weight is 213 g/mol. The van der Waals surface area contributed by atoms with Crippen LogP contribution in [0.3, 0.4) is 0 Å². The van der Waals surface area contributed by atoms with Gasteiger partial charge in [-0.2, -0.15) is 0 Å². The Hall–Kier alpha value is -1.06. The maximum atomic E-state index is 11.7. The van der Waals surface area contributed by atoms with Crippen molar-refractivity contribution in [3.8, 4) is 0 Å². The molecular formula is C11H19NO3. The fourth-order valence-corrected chi connectivity index (χ4v) is 1.72. The predicted molar refractivity (Wildman–Crippen MR) is 56.5 cm³/mol. The van der Waals surface area contributed by atoms with E-state index in [-0.39, 0.29) is 12.3 Å². The number of hydrogen-bond acceptors (Lipinski definition) is 2. The van der Waals surface area contributed by atoms with Gasteiger partial charge >= 0.3 is 5.97 Å². The van der Waals surface area contributed by atoms with Gasteiger partial charge in [0.1, 0.15) is 0 Å². The van der Waals surface area contributed by atoms with Crippen molar-refractivity contribution in [2.45, 2.75) is 51.5 Å². The van der Waals surface area contributed by atoms with Crippen molar-refractivity contribution in [1.29, 1.82) is 0 Å². The third kappa shape index (κ3) is 4.32. The first-order valence-electron chi connectivity index (χ1n) is 5.66. The minimum Gasteiger partial charge on any atom is -0.481 e. The Morgan fingerprint density at radius 1 is 1.27 bits per heavy atom. The summed E-state index contributed by atoms with van der Waals surface area (Å²) < 4.78 is 0. The first-order chi connectivity index (χ1) is 7.15. The molecule has 0 bridgehead atoms. The van der Waals surface area contributed by atoms with Crippen molar-refractivity contribution in [2.75, 3.05) is 6.54 Å². The number of aliphatic carboxylic acids is 1. The lowest BCUT2D eigenvalue weighted by atomic mass is 10.2. The molecule has 86 valence electrons. The number of rotatable bonds is 7.